The molecule has 0 rings (SSSR count). The van der Waals surface area contributed by atoms with Gasteiger partial charge in [0.1, 0.15) is 0 Å². The molecule has 0 bridgehead atoms. The minimum atomic E-state index is -1.43. The fraction of sp³-hybridized carbons (Fsp3) is 0.800. The van der Waals surface area contributed by atoms with Crippen molar-refractivity contribution < 1.29 is 19.8 Å². The standard InChI is InChI=1S/C10H20N2O4S/c1-7(4-6-17-2)12-10(16)11-5-3-8(13)9(14)15/h7-8,13H,3-6H2,1-2H3,(H,14,15)(H2,11,12,16)/t7?,8-/m0/s1. The van der Waals surface area contributed by atoms with Gasteiger partial charge in [0.05, 0.1) is 0 Å². The Kier molecular flexibility index (Phi) is 8.61. The van der Waals surface area contributed by atoms with Crippen LogP contribution in [0.1, 0.15) is 19.8 Å². The minimum absolute atomic E-state index is 0.00193. The lowest BCUT2D eigenvalue weighted by Gasteiger charge is -2.14. The Bertz CT molecular complexity index is 250. The van der Waals surface area contributed by atoms with Crippen LogP contribution >= 0.6 is 11.8 Å². The zero-order valence-electron chi connectivity index (χ0n) is 10.1. The van der Waals surface area contributed by atoms with Gasteiger partial charge in [-0.05, 0) is 25.4 Å². The van der Waals surface area contributed by atoms with E-state index in [2.05, 4.69) is 10.6 Å². The molecular weight excluding hydrogens is 244 g/mol. The fourth-order valence-corrected chi connectivity index (χ4v) is 1.68. The third kappa shape index (κ3) is 8.82. The molecule has 0 radical (unpaired) electrons. The topological polar surface area (TPSA) is 98.7 Å². The maximum Gasteiger partial charge on any atom is 0.332 e. The summed E-state index contributed by atoms with van der Waals surface area (Å²) < 4.78 is 0. The summed E-state index contributed by atoms with van der Waals surface area (Å²) in [5.74, 6) is -0.306. The zero-order chi connectivity index (χ0) is 13.3. The highest BCUT2D eigenvalue weighted by atomic mass is 32.2. The fourth-order valence-electron chi connectivity index (χ4n) is 1.09. The van der Waals surface area contributed by atoms with E-state index in [1.54, 1.807) is 11.8 Å². The number of hydrogen-bond donors (Lipinski definition) is 4. The molecule has 2 atom stereocenters. The first kappa shape index (κ1) is 16.1. The molecular formula is C10H20N2O4S. The van der Waals surface area contributed by atoms with Crippen LogP contribution in [0.25, 0.3) is 0 Å². The number of amides is 2. The third-order valence-electron chi connectivity index (χ3n) is 2.12. The second-order valence-corrected chi connectivity index (χ2v) is 4.71. The molecule has 0 aromatic rings. The van der Waals surface area contributed by atoms with Gasteiger partial charge >= 0.3 is 12.0 Å². The lowest BCUT2D eigenvalue weighted by Crippen LogP contribution is -2.42. The van der Waals surface area contributed by atoms with Gasteiger partial charge in [-0.1, -0.05) is 0 Å². The molecule has 2 amide bonds. The molecule has 0 heterocycles. The first-order chi connectivity index (χ1) is 7.97. The van der Waals surface area contributed by atoms with Crippen molar-refractivity contribution in [2.75, 3.05) is 18.6 Å². The van der Waals surface area contributed by atoms with Crippen molar-refractivity contribution in [1.82, 2.24) is 10.6 Å². The lowest BCUT2D eigenvalue weighted by atomic mass is 10.2. The Hall–Kier alpha value is -0.950. The number of thioether (sulfide) groups is 1. The van der Waals surface area contributed by atoms with Crippen LogP contribution in [0.15, 0.2) is 0 Å². The number of nitrogens with one attached hydrogen (secondary N) is 2. The zero-order valence-corrected chi connectivity index (χ0v) is 10.9. The van der Waals surface area contributed by atoms with E-state index in [9.17, 15) is 9.59 Å². The first-order valence-electron chi connectivity index (χ1n) is 5.41. The van der Waals surface area contributed by atoms with Crippen molar-refractivity contribution in [3.8, 4) is 0 Å². The average Bonchev–Trinajstić information content (AvgIpc) is 2.25. The summed E-state index contributed by atoms with van der Waals surface area (Å²) >= 11 is 1.71. The van der Waals surface area contributed by atoms with Gasteiger partial charge in [-0.25, -0.2) is 9.59 Å². The highest BCUT2D eigenvalue weighted by Gasteiger charge is 2.13. The molecule has 0 aliphatic carbocycles. The summed E-state index contributed by atoms with van der Waals surface area (Å²) in [6, 6.07) is -0.261. The number of rotatable bonds is 8. The molecule has 17 heavy (non-hydrogen) atoms. The summed E-state index contributed by atoms with van der Waals surface area (Å²) in [6.45, 7) is 2.04. The van der Waals surface area contributed by atoms with E-state index in [1.807, 2.05) is 13.2 Å². The van der Waals surface area contributed by atoms with E-state index in [4.69, 9.17) is 10.2 Å². The number of aliphatic hydroxyl groups is 1. The Morgan fingerprint density at radius 1 is 1.35 bits per heavy atom. The van der Waals surface area contributed by atoms with Crippen molar-refractivity contribution in [2.24, 2.45) is 0 Å². The number of hydrogen-bond acceptors (Lipinski definition) is 4. The quantitative estimate of drug-likeness (QED) is 0.504. The van der Waals surface area contributed by atoms with Gasteiger partial charge in [0.15, 0.2) is 6.10 Å². The molecule has 100 valence electrons. The Balaban J connectivity index is 3.62. The summed E-state index contributed by atoms with van der Waals surface area (Å²) in [5.41, 5.74) is 0. The molecule has 0 aliphatic rings. The number of urea groups is 1. The number of carbonyl (C=O) groups is 2. The molecule has 0 aromatic heterocycles. The number of aliphatic carboxylic acids is 1. The SMILES string of the molecule is CSCCC(C)NC(=O)NCC[C@H](O)C(=O)O. The van der Waals surface area contributed by atoms with Gasteiger partial charge in [0.25, 0.3) is 0 Å². The maximum atomic E-state index is 11.3. The molecule has 0 saturated heterocycles. The summed E-state index contributed by atoms with van der Waals surface area (Å²) in [6.07, 6.45) is 1.46. The Labute approximate surface area is 105 Å². The molecule has 0 aliphatic heterocycles. The van der Waals surface area contributed by atoms with Crippen molar-refractivity contribution in [3.63, 3.8) is 0 Å². The van der Waals surface area contributed by atoms with Crippen LogP contribution in [0.3, 0.4) is 0 Å². The summed E-state index contributed by atoms with van der Waals surface area (Å²) in [4.78, 5) is 21.6. The van der Waals surface area contributed by atoms with Gasteiger partial charge < -0.3 is 20.8 Å². The predicted octanol–water partition coefficient (Wildman–Crippen LogP) is 0.263. The monoisotopic (exact) mass is 264 g/mol. The Morgan fingerprint density at radius 2 is 2.00 bits per heavy atom. The van der Waals surface area contributed by atoms with Crippen LogP contribution < -0.4 is 10.6 Å². The Morgan fingerprint density at radius 3 is 2.53 bits per heavy atom. The number of carboxylic acids is 1. The highest BCUT2D eigenvalue weighted by molar-refractivity contribution is 7.98. The molecule has 0 saturated carbocycles. The van der Waals surface area contributed by atoms with Crippen molar-refractivity contribution >= 4 is 23.8 Å². The maximum absolute atomic E-state index is 11.3. The van der Waals surface area contributed by atoms with Gasteiger partial charge in [0.2, 0.25) is 0 Å². The molecule has 1 unspecified atom stereocenters. The van der Waals surface area contributed by atoms with E-state index in [1.165, 1.54) is 0 Å². The van der Waals surface area contributed by atoms with Gasteiger partial charge in [-0.15, -0.1) is 0 Å². The smallest absolute Gasteiger partial charge is 0.332 e. The minimum Gasteiger partial charge on any atom is -0.479 e. The van der Waals surface area contributed by atoms with Crippen molar-refractivity contribution in [2.45, 2.75) is 31.9 Å². The second kappa shape index (κ2) is 9.12. The molecule has 6 nitrogen and oxygen atoms in total. The number of carbonyl (C=O) groups excluding carboxylic acids is 1. The van der Waals surface area contributed by atoms with Crippen LogP contribution in [0.4, 0.5) is 4.79 Å². The average molecular weight is 264 g/mol. The van der Waals surface area contributed by atoms with Gasteiger partial charge in [-0.2, -0.15) is 11.8 Å². The third-order valence-corrected chi connectivity index (χ3v) is 2.76. The summed E-state index contributed by atoms with van der Waals surface area (Å²) in [5, 5.41) is 22.6. The van der Waals surface area contributed by atoms with Crippen LogP contribution in [0.2, 0.25) is 0 Å². The van der Waals surface area contributed by atoms with Crippen molar-refractivity contribution in [3.05, 3.63) is 0 Å². The van der Waals surface area contributed by atoms with Gasteiger partial charge in [-0.3, -0.25) is 0 Å². The largest absolute Gasteiger partial charge is 0.479 e. The molecule has 4 N–H and O–H groups in total. The van der Waals surface area contributed by atoms with E-state index in [0.29, 0.717) is 0 Å². The van der Waals surface area contributed by atoms with Gasteiger partial charge in [0, 0.05) is 19.0 Å². The molecule has 0 fully saturated rings. The number of carboxylic acid groups (broad SMARTS) is 1. The van der Waals surface area contributed by atoms with Crippen LogP contribution in [0.5, 0.6) is 0 Å². The lowest BCUT2D eigenvalue weighted by molar-refractivity contribution is -0.146. The van der Waals surface area contributed by atoms with E-state index < -0.39 is 12.1 Å². The second-order valence-electron chi connectivity index (χ2n) is 3.73. The van der Waals surface area contributed by atoms with Crippen LogP contribution in [-0.4, -0.2) is 52.9 Å². The van der Waals surface area contributed by atoms with Crippen molar-refractivity contribution in [1.29, 1.82) is 0 Å². The number of aliphatic hydroxyl groups excluding tert-OH is 1. The predicted molar refractivity (Wildman–Crippen MR) is 67.3 cm³/mol. The van der Waals surface area contributed by atoms with E-state index in [0.717, 1.165) is 12.2 Å². The van der Waals surface area contributed by atoms with Crippen LogP contribution in [0, 0.1) is 0 Å². The molecule has 0 spiro atoms. The van der Waals surface area contributed by atoms with Crippen LogP contribution in [-0.2, 0) is 4.79 Å². The van der Waals surface area contributed by atoms with E-state index in [-0.39, 0.29) is 25.0 Å². The highest BCUT2D eigenvalue weighted by Crippen LogP contribution is 1.99. The molecule has 7 heteroatoms. The molecule has 0 aromatic carbocycles. The normalized spacial score (nSPS) is 13.8. The first-order valence-corrected chi connectivity index (χ1v) is 6.81. The van der Waals surface area contributed by atoms with E-state index >= 15 is 0 Å². The summed E-state index contributed by atoms with van der Waals surface area (Å²) in [7, 11) is 0.